The van der Waals surface area contributed by atoms with Crippen LogP contribution in [0.3, 0.4) is 0 Å². The number of hydrogen-bond donors (Lipinski definition) is 3. The Balaban J connectivity index is 0. The van der Waals surface area contributed by atoms with Crippen molar-refractivity contribution in [3.05, 3.63) is 0 Å². The van der Waals surface area contributed by atoms with Crippen molar-refractivity contribution >= 4 is 17.8 Å². The highest BCUT2D eigenvalue weighted by Gasteiger charge is 2.38. The van der Waals surface area contributed by atoms with Gasteiger partial charge in [0.15, 0.2) is 0 Å². The second-order valence-corrected chi connectivity index (χ2v) is 2.33. The zero-order valence-corrected chi connectivity index (χ0v) is 7.54. The van der Waals surface area contributed by atoms with Gasteiger partial charge in [-0.2, -0.15) is 13.2 Å². The highest BCUT2D eigenvalue weighted by Crippen LogP contribution is 2.13. The van der Waals surface area contributed by atoms with Gasteiger partial charge in [0.2, 0.25) is 11.8 Å². The molecule has 0 fully saturated rings. The van der Waals surface area contributed by atoms with Gasteiger partial charge in [0.1, 0.15) is 5.92 Å². The number of carboxylic acids is 1. The number of rotatable bonds is 2. The maximum absolute atomic E-state index is 10.6. The van der Waals surface area contributed by atoms with E-state index in [0.717, 1.165) is 0 Å². The number of primary amides is 2. The van der Waals surface area contributed by atoms with Crippen molar-refractivity contribution in [2.24, 2.45) is 17.4 Å². The first kappa shape index (κ1) is 15.7. The molecule has 0 spiro atoms. The molecular weight excluding hydrogens is 221 g/mol. The van der Waals surface area contributed by atoms with Crippen LogP contribution in [-0.2, 0) is 14.4 Å². The molecule has 0 bridgehead atoms. The molecule has 88 valence electrons. The molecular formula is C6H9F3N2O4. The maximum Gasteiger partial charge on any atom is 0.490 e. The van der Waals surface area contributed by atoms with E-state index in [4.69, 9.17) is 21.4 Å². The van der Waals surface area contributed by atoms with E-state index in [0.29, 0.717) is 0 Å². The van der Waals surface area contributed by atoms with Crippen LogP contribution in [0.5, 0.6) is 0 Å². The Morgan fingerprint density at radius 1 is 1.13 bits per heavy atom. The Labute approximate surface area is 82.0 Å². The first-order valence-electron chi connectivity index (χ1n) is 3.38. The zero-order chi connectivity index (χ0) is 12.8. The lowest BCUT2D eigenvalue weighted by molar-refractivity contribution is -0.192. The van der Waals surface area contributed by atoms with Gasteiger partial charge < -0.3 is 16.6 Å². The molecule has 0 aromatic carbocycles. The summed E-state index contributed by atoms with van der Waals surface area (Å²) in [7, 11) is 0. The molecule has 0 aliphatic carbocycles. The van der Waals surface area contributed by atoms with Crippen molar-refractivity contribution in [1.29, 1.82) is 0 Å². The molecule has 0 aliphatic rings. The summed E-state index contributed by atoms with van der Waals surface area (Å²) in [5, 5.41) is 7.12. The number of nitrogens with two attached hydrogens (primary N) is 2. The van der Waals surface area contributed by atoms with Crippen molar-refractivity contribution < 1.29 is 32.7 Å². The smallest absolute Gasteiger partial charge is 0.475 e. The van der Waals surface area contributed by atoms with Crippen molar-refractivity contribution in [3.8, 4) is 0 Å². The zero-order valence-electron chi connectivity index (χ0n) is 7.54. The Hall–Kier alpha value is -1.80. The van der Waals surface area contributed by atoms with Crippen LogP contribution in [-0.4, -0.2) is 29.1 Å². The van der Waals surface area contributed by atoms with Gasteiger partial charge in [0.05, 0.1) is 0 Å². The summed E-state index contributed by atoms with van der Waals surface area (Å²) in [4.78, 5) is 29.0. The summed E-state index contributed by atoms with van der Waals surface area (Å²) >= 11 is 0. The van der Waals surface area contributed by atoms with Gasteiger partial charge in [-0.25, -0.2) is 4.79 Å². The fourth-order valence-corrected chi connectivity index (χ4v) is 0.140. The first-order chi connectivity index (χ1) is 6.50. The number of alkyl halides is 3. The highest BCUT2D eigenvalue weighted by molar-refractivity contribution is 5.98. The minimum atomic E-state index is -5.08. The molecule has 0 saturated carbocycles. The normalized spacial score (nSPS) is 10.2. The third-order valence-corrected chi connectivity index (χ3v) is 1.10. The summed E-state index contributed by atoms with van der Waals surface area (Å²) in [6.45, 7) is 1.37. The Kier molecular flexibility index (Phi) is 6.09. The quantitative estimate of drug-likeness (QED) is 0.538. The maximum atomic E-state index is 10.6. The summed E-state index contributed by atoms with van der Waals surface area (Å²) in [6, 6.07) is 0. The van der Waals surface area contributed by atoms with Crippen LogP contribution in [0, 0.1) is 5.92 Å². The number of hydrogen-bond acceptors (Lipinski definition) is 3. The van der Waals surface area contributed by atoms with Crippen molar-refractivity contribution in [1.82, 2.24) is 0 Å². The summed E-state index contributed by atoms with van der Waals surface area (Å²) in [5.41, 5.74) is 9.39. The van der Waals surface area contributed by atoms with Gasteiger partial charge in [-0.15, -0.1) is 0 Å². The van der Waals surface area contributed by atoms with Crippen LogP contribution in [0.15, 0.2) is 0 Å². The predicted molar refractivity (Wildman–Crippen MR) is 41.2 cm³/mol. The molecule has 9 heteroatoms. The Morgan fingerprint density at radius 2 is 1.33 bits per heavy atom. The predicted octanol–water partition coefficient (Wildman–Crippen LogP) is -0.774. The third-order valence-electron chi connectivity index (χ3n) is 1.10. The van der Waals surface area contributed by atoms with Crippen LogP contribution in [0.25, 0.3) is 0 Å². The second kappa shape index (κ2) is 5.83. The van der Waals surface area contributed by atoms with Crippen LogP contribution >= 0.6 is 0 Å². The fraction of sp³-hybridized carbons (Fsp3) is 0.500. The van der Waals surface area contributed by atoms with E-state index in [9.17, 15) is 22.8 Å². The molecule has 15 heavy (non-hydrogen) atoms. The van der Waals surface area contributed by atoms with Gasteiger partial charge >= 0.3 is 12.1 Å². The molecule has 0 aromatic rings. The van der Waals surface area contributed by atoms with Crippen molar-refractivity contribution in [2.45, 2.75) is 13.1 Å². The lowest BCUT2D eigenvalue weighted by atomic mass is 10.2. The van der Waals surface area contributed by atoms with Crippen LogP contribution in [0.2, 0.25) is 0 Å². The molecule has 0 unspecified atom stereocenters. The van der Waals surface area contributed by atoms with E-state index in [1.165, 1.54) is 6.92 Å². The molecule has 5 N–H and O–H groups in total. The van der Waals surface area contributed by atoms with E-state index < -0.39 is 29.9 Å². The molecule has 0 saturated heterocycles. The van der Waals surface area contributed by atoms with E-state index in [-0.39, 0.29) is 0 Å². The average Bonchev–Trinajstić information content (AvgIpc) is 2.01. The van der Waals surface area contributed by atoms with Crippen molar-refractivity contribution in [2.75, 3.05) is 0 Å². The standard InChI is InChI=1S/C4H8N2O2.C2HF3O2/c1-2(3(5)7)4(6)8;3-2(4,5)1(6)7/h2H,1H3,(H2,5,7)(H2,6,8);(H,6,7). The third kappa shape index (κ3) is 8.53. The summed E-state index contributed by atoms with van der Waals surface area (Å²) < 4.78 is 31.7. The largest absolute Gasteiger partial charge is 0.490 e. The number of halogens is 3. The fourth-order valence-electron chi connectivity index (χ4n) is 0.140. The number of carbonyl (C=O) groups excluding carboxylic acids is 2. The first-order valence-corrected chi connectivity index (χ1v) is 3.38. The van der Waals surface area contributed by atoms with E-state index in [2.05, 4.69) is 0 Å². The molecule has 2 amide bonds. The van der Waals surface area contributed by atoms with E-state index >= 15 is 0 Å². The van der Waals surface area contributed by atoms with E-state index in [1.54, 1.807) is 0 Å². The second-order valence-electron chi connectivity index (χ2n) is 2.33. The van der Waals surface area contributed by atoms with Crippen LogP contribution in [0.4, 0.5) is 13.2 Å². The van der Waals surface area contributed by atoms with Crippen LogP contribution in [0.1, 0.15) is 6.92 Å². The highest BCUT2D eigenvalue weighted by atomic mass is 19.4. The molecule has 0 aliphatic heterocycles. The van der Waals surface area contributed by atoms with Crippen LogP contribution < -0.4 is 11.5 Å². The number of aliphatic carboxylic acids is 1. The van der Waals surface area contributed by atoms with Gasteiger partial charge in [-0.3, -0.25) is 9.59 Å². The average molecular weight is 230 g/mol. The molecule has 0 rings (SSSR count). The summed E-state index contributed by atoms with van der Waals surface area (Å²) in [6.07, 6.45) is -5.08. The molecule has 0 heterocycles. The van der Waals surface area contributed by atoms with Gasteiger partial charge in [-0.05, 0) is 6.92 Å². The minimum absolute atomic E-state index is 0.683. The topological polar surface area (TPSA) is 123 Å². The Morgan fingerprint density at radius 3 is 1.33 bits per heavy atom. The SMILES string of the molecule is CC(C(N)=O)C(N)=O.O=C(O)C(F)(F)F. The van der Waals surface area contributed by atoms with Crippen molar-refractivity contribution in [3.63, 3.8) is 0 Å². The molecule has 0 radical (unpaired) electrons. The molecule has 0 atom stereocenters. The van der Waals surface area contributed by atoms with Gasteiger partial charge in [0, 0.05) is 0 Å². The van der Waals surface area contributed by atoms with Gasteiger partial charge in [0.25, 0.3) is 0 Å². The number of carboxylic acid groups (broad SMARTS) is 1. The minimum Gasteiger partial charge on any atom is -0.475 e. The monoisotopic (exact) mass is 230 g/mol. The number of carbonyl (C=O) groups is 3. The van der Waals surface area contributed by atoms with Gasteiger partial charge in [-0.1, -0.05) is 0 Å². The molecule has 0 aromatic heterocycles. The lowest BCUT2D eigenvalue weighted by Gasteiger charge is -1.97. The van der Waals surface area contributed by atoms with E-state index in [1.807, 2.05) is 0 Å². The number of amides is 2. The Bertz CT molecular complexity index is 250. The molecule has 6 nitrogen and oxygen atoms in total. The lowest BCUT2D eigenvalue weighted by Crippen LogP contribution is -2.32. The summed E-state index contributed by atoms with van der Waals surface area (Å²) in [5.74, 6) is -4.97.